The molecule has 230 valence electrons. The summed E-state index contributed by atoms with van der Waals surface area (Å²) in [6.45, 7) is 5.31. The Hall–Kier alpha value is -2.68. The first-order valence-corrected chi connectivity index (χ1v) is 17.8. The van der Waals surface area contributed by atoms with Gasteiger partial charge in [-0.1, -0.05) is 18.6 Å². The number of benzene rings is 2. The molecule has 1 aliphatic carbocycles. The molecule has 0 atom stereocenters. The molecule has 2 aromatic carbocycles. The fourth-order valence-corrected chi connectivity index (χ4v) is 7.15. The van der Waals surface area contributed by atoms with Crippen LogP contribution in [0, 0.1) is 9.49 Å². The zero-order valence-electron chi connectivity index (χ0n) is 24.6. The molecule has 1 saturated carbocycles. The number of aromatic nitrogens is 2. The van der Waals surface area contributed by atoms with Gasteiger partial charge in [0.2, 0.25) is 16.0 Å². The van der Waals surface area contributed by atoms with E-state index in [1.54, 1.807) is 30.5 Å². The number of hydrogen-bond acceptors (Lipinski definition) is 9. The van der Waals surface area contributed by atoms with Crippen molar-refractivity contribution >= 4 is 61.4 Å². The van der Waals surface area contributed by atoms with Crippen molar-refractivity contribution in [2.75, 3.05) is 55.4 Å². The quantitative estimate of drug-likeness (QED) is 0.215. The first-order valence-electron chi connectivity index (χ1n) is 15.2. The van der Waals surface area contributed by atoms with Crippen LogP contribution < -0.4 is 25.0 Å². The SMILES string of the molecule is CNS(=O)(=O)c1ccccc1Nc1nc(Nc2ccc(N3CCC(N4CCCCC4)CC3)cc2OCC2CC2)ncc1I. The molecule has 3 N–H and O–H groups in total. The molecular formula is C31H40IN7O3S. The standard InChI is InChI=1S/C31H40IN7O3S/c1-33-43(40,41)29-8-4-3-7-27(29)35-30-25(32)20-34-31(37-30)36-26-12-11-24(19-28(26)42-21-22-9-10-22)39-17-13-23(14-18-39)38-15-5-2-6-16-38/h3-4,7-8,11-12,19-20,22-23,33H,2,5-6,9-10,13-18,21H2,1H3,(H2,34,35,36,37). The third-order valence-corrected chi connectivity index (χ3v) is 10.8. The van der Waals surface area contributed by atoms with Gasteiger partial charge in [0.25, 0.3) is 0 Å². The summed E-state index contributed by atoms with van der Waals surface area (Å²) in [5, 5.41) is 6.55. The van der Waals surface area contributed by atoms with Crippen LogP contribution in [0.3, 0.4) is 0 Å². The number of likely N-dealkylation sites (tertiary alicyclic amines) is 1. The fraction of sp³-hybridized carbons (Fsp3) is 0.484. The number of rotatable bonds is 11. The van der Waals surface area contributed by atoms with E-state index in [1.807, 2.05) is 0 Å². The minimum Gasteiger partial charge on any atom is -0.491 e. The molecule has 3 aliphatic rings. The average Bonchev–Trinajstić information content (AvgIpc) is 3.88. The van der Waals surface area contributed by atoms with Crippen molar-refractivity contribution in [3.05, 3.63) is 52.2 Å². The molecule has 2 saturated heterocycles. The predicted octanol–water partition coefficient (Wildman–Crippen LogP) is 5.72. The minimum absolute atomic E-state index is 0.146. The molecule has 0 bridgehead atoms. The van der Waals surface area contributed by atoms with E-state index in [9.17, 15) is 8.42 Å². The van der Waals surface area contributed by atoms with Gasteiger partial charge in [-0.2, -0.15) is 4.98 Å². The summed E-state index contributed by atoms with van der Waals surface area (Å²) in [6.07, 6.45) is 10.6. The Labute approximate surface area is 268 Å². The van der Waals surface area contributed by atoms with E-state index < -0.39 is 10.0 Å². The molecule has 0 spiro atoms. The van der Waals surface area contributed by atoms with E-state index in [-0.39, 0.29) is 4.90 Å². The topological polar surface area (TPSA) is 112 Å². The number of ether oxygens (including phenoxy) is 1. The average molecular weight is 718 g/mol. The van der Waals surface area contributed by atoms with Crippen molar-refractivity contribution in [3.63, 3.8) is 0 Å². The van der Waals surface area contributed by atoms with Crippen molar-refractivity contribution in [2.24, 2.45) is 5.92 Å². The molecule has 6 rings (SSSR count). The van der Waals surface area contributed by atoms with Crippen molar-refractivity contribution in [2.45, 2.75) is 55.9 Å². The largest absolute Gasteiger partial charge is 0.491 e. The maximum Gasteiger partial charge on any atom is 0.242 e. The van der Waals surface area contributed by atoms with Gasteiger partial charge in [0.1, 0.15) is 16.5 Å². The van der Waals surface area contributed by atoms with Crippen molar-refractivity contribution in [1.29, 1.82) is 0 Å². The van der Waals surface area contributed by atoms with Gasteiger partial charge in [0.05, 0.1) is 21.6 Å². The molecule has 43 heavy (non-hydrogen) atoms. The molecule has 3 aromatic rings. The van der Waals surface area contributed by atoms with E-state index in [1.165, 1.54) is 70.8 Å². The summed E-state index contributed by atoms with van der Waals surface area (Å²) < 4.78 is 34.6. The second-order valence-electron chi connectivity index (χ2n) is 11.6. The van der Waals surface area contributed by atoms with Gasteiger partial charge in [-0.25, -0.2) is 18.1 Å². The van der Waals surface area contributed by atoms with Crippen LogP contribution in [0.5, 0.6) is 5.75 Å². The molecule has 3 fully saturated rings. The summed E-state index contributed by atoms with van der Waals surface area (Å²) in [7, 11) is -2.26. The Morgan fingerprint density at radius 2 is 1.72 bits per heavy atom. The van der Waals surface area contributed by atoms with Crippen molar-refractivity contribution < 1.29 is 13.2 Å². The number of hydrogen-bond donors (Lipinski definition) is 3. The lowest BCUT2D eigenvalue weighted by atomic mass is 9.99. The summed E-state index contributed by atoms with van der Waals surface area (Å²) in [6, 6.07) is 13.8. The highest BCUT2D eigenvalue weighted by Crippen LogP contribution is 2.36. The lowest BCUT2D eigenvalue weighted by Crippen LogP contribution is -2.46. The van der Waals surface area contributed by atoms with Gasteiger partial charge < -0.3 is 25.2 Å². The van der Waals surface area contributed by atoms with Gasteiger partial charge in [-0.15, -0.1) is 0 Å². The molecule has 3 heterocycles. The van der Waals surface area contributed by atoms with Crippen LogP contribution in [0.1, 0.15) is 44.9 Å². The van der Waals surface area contributed by atoms with Gasteiger partial charge in [0, 0.05) is 37.1 Å². The number of nitrogens with zero attached hydrogens (tertiary/aromatic N) is 4. The summed E-state index contributed by atoms with van der Waals surface area (Å²) in [4.78, 5) is 14.5. The van der Waals surface area contributed by atoms with Crippen molar-refractivity contribution in [1.82, 2.24) is 19.6 Å². The Morgan fingerprint density at radius 1 is 0.953 bits per heavy atom. The van der Waals surface area contributed by atoms with Crippen LogP contribution in [0.15, 0.2) is 53.6 Å². The third-order valence-electron chi connectivity index (χ3n) is 8.56. The van der Waals surface area contributed by atoms with E-state index in [0.717, 1.165) is 28.1 Å². The summed E-state index contributed by atoms with van der Waals surface area (Å²) in [5.41, 5.74) is 2.42. The van der Waals surface area contributed by atoms with Crippen LogP contribution in [-0.2, 0) is 10.0 Å². The first-order chi connectivity index (χ1) is 20.9. The van der Waals surface area contributed by atoms with Crippen LogP contribution in [0.25, 0.3) is 0 Å². The zero-order valence-corrected chi connectivity index (χ0v) is 27.5. The monoisotopic (exact) mass is 717 g/mol. The zero-order chi connectivity index (χ0) is 29.8. The van der Waals surface area contributed by atoms with Crippen LogP contribution in [0.2, 0.25) is 0 Å². The molecule has 0 unspecified atom stereocenters. The Kier molecular flexibility index (Phi) is 9.55. The molecule has 1 aromatic heterocycles. The second kappa shape index (κ2) is 13.5. The van der Waals surface area contributed by atoms with E-state index in [4.69, 9.17) is 9.72 Å². The Morgan fingerprint density at radius 3 is 2.47 bits per heavy atom. The Bertz CT molecular complexity index is 1520. The van der Waals surface area contributed by atoms with Gasteiger partial charge in [-0.3, -0.25) is 0 Å². The fourth-order valence-electron chi connectivity index (χ4n) is 5.87. The second-order valence-corrected chi connectivity index (χ2v) is 14.6. The van der Waals surface area contributed by atoms with Crippen LogP contribution in [0.4, 0.5) is 28.8 Å². The third kappa shape index (κ3) is 7.52. The number of nitrogens with one attached hydrogen (secondary N) is 3. The van der Waals surface area contributed by atoms with Gasteiger partial charge in [-0.05, 0) is 111 Å². The number of halogens is 1. The normalized spacial score (nSPS) is 18.4. The number of piperidine rings is 2. The number of sulfonamides is 1. The van der Waals surface area contributed by atoms with E-state index in [2.05, 4.69) is 70.9 Å². The number of anilines is 5. The van der Waals surface area contributed by atoms with Crippen molar-refractivity contribution in [3.8, 4) is 5.75 Å². The van der Waals surface area contributed by atoms with E-state index >= 15 is 0 Å². The lowest BCUT2D eigenvalue weighted by molar-refractivity contribution is 0.141. The van der Waals surface area contributed by atoms with Crippen LogP contribution >= 0.6 is 22.6 Å². The van der Waals surface area contributed by atoms with E-state index in [0.29, 0.717) is 36.0 Å². The first kappa shape index (κ1) is 30.4. The molecule has 10 nitrogen and oxygen atoms in total. The summed E-state index contributed by atoms with van der Waals surface area (Å²) in [5.74, 6) is 2.31. The maximum absolute atomic E-state index is 12.6. The number of para-hydroxylation sites is 1. The minimum atomic E-state index is -3.65. The van der Waals surface area contributed by atoms with Crippen LogP contribution in [-0.4, -0.2) is 69.2 Å². The molecule has 0 radical (unpaired) electrons. The maximum atomic E-state index is 12.6. The highest BCUT2D eigenvalue weighted by atomic mass is 127. The predicted molar refractivity (Wildman–Crippen MR) is 179 cm³/mol. The molecule has 0 amide bonds. The highest BCUT2D eigenvalue weighted by molar-refractivity contribution is 14.1. The Balaban J connectivity index is 1.19. The highest BCUT2D eigenvalue weighted by Gasteiger charge is 2.27. The summed E-state index contributed by atoms with van der Waals surface area (Å²) >= 11 is 2.14. The molecule has 2 aliphatic heterocycles. The molecular weight excluding hydrogens is 677 g/mol. The molecule has 12 heteroatoms. The smallest absolute Gasteiger partial charge is 0.242 e. The lowest BCUT2D eigenvalue weighted by Gasteiger charge is -2.41. The van der Waals surface area contributed by atoms with Gasteiger partial charge in [0.15, 0.2) is 0 Å². The van der Waals surface area contributed by atoms with Gasteiger partial charge >= 0.3 is 0 Å².